The lowest BCUT2D eigenvalue weighted by atomic mass is 9.53. The van der Waals surface area contributed by atoms with Crippen LogP contribution in [0.15, 0.2) is 170 Å². The second-order valence-corrected chi connectivity index (χ2v) is 14.1. The minimum Gasteiger partial charge on any atom is -0.457 e. The van der Waals surface area contributed by atoms with Crippen LogP contribution >= 0.6 is 0 Å². The standard InChI is InChI=1S/C48H34N2O/c1-47(2)36-17-7-9-19-38(36)48(39-20-10-8-18-37(39)47)40-21-11-13-23-43(40)51-44-30-34(28-29-41(44)48)31-24-26-33(27-25-31)46-49-42-22-12-6-16-35(42)45(50-46)32-14-4-3-5-15-32/h3-30H,1-2H3. The Morgan fingerprint density at radius 3 is 1.69 bits per heavy atom. The van der Waals surface area contributed by atoms with Crippen molar-refractivity contribution in [2.24, 2.45) is 0 Å². The molecular formula is C48H34N2O. The van der Waals surface area contributed by atoms with Gasteiger partial charge in [-0.25, -0.2) is 9.97 Å². The van der Waals surface area contributed by atoms with Gasteiger partial charge in [0, 0.05) is 33.1 Å². The maximum Gasteiger partial charge on any atom is 0.160 e. The SMILES string of the molecule is CC1(C)c2ccccc2C2(c3ccccc3Oc3cc(-c4ccc(-c5nc(-c6ccccc6)c6ccccc6n5)cc4)ccc32)c2ccccc21. The van der Waals surface area contributed by atoms with E-state index in [0.29, 0.717) is 5.82 Å². The van der Waals surface area contributed by atoms with E-state index >= 15 is 0 Å². The van der Waals surface area contributed by atoms with Gasteiger partial charge in [-0.15, -0.1) is 0 Å². The second-order valence-electron chi connectivity index (χ2n) is 14.1. The third kappa shape index (κ3) is 4.31. The van der Waals surface area contributed by atoms with Crippen molar-refractivity contribution in [1.82, 2.24) is 9.97 Å². The molecule has 0 N–H and O–H groups in total. The molecule has 1 aliphatic carbocycles. The molecule has 0 amide bonds. The summed E-state index contributed by atoms with van der Waals surface area (Å²) in [6, 6.07) is 60.4. The van der Waals surface area contributed by atoms with Gasteiger partial charge in [-0.05, 0) is 51.6 Å². The Bertz CT molecular complexity index is 2590. The lowest BCUT2D eigenvalue weighted by molar-refractivity contribution is 0.425. The second kappa shape index (κ2) is 11.1. The Labute approximate surface area is 297 Å². The number of benzene rings is 7. The molecule has 3 heteroatoms. The van der Waals surface area contributed by atoms with Crippen LogP contribution in [0.4, 0.5) is 0 Å². The summed E-state index contributed by atoms with van der Waals surface area (Å²) < 4.78 is 6.82. The van der Waals surface area contributed by atoms with Crippen LogP contribution in [0, 0.1) is 0 Å². The smallest absolute Gasteiger partial charge is 0.160 e. The van der Waals surface area contributed by atoms with Crippen molar-refractivity contribution in [2.45, 2.75) is 24.7 Å². The number of fused-ring (bicyclic) bond motifs is 9. The first kappa shape index (κ1) is 29.6. The highest BCUT2D eigenvalue weighted by Crippen LogP contribution is 2.61. The summed E-state index contributed by atoms with van der Waals surface area (Å²) in [7, 11) is 0. The van der Waals surface area contributed by atoms with Gasteiger partial charge < -0.3 is 4.74 Å². The lowest BCUT2D eigenvalue weighted by Crippen LogP contribution is -2.43. The van der Waals surface area contributed by atoms with Crippen LogP contribution in [0.1, 0.15) is 47.2 Å². The number of ether oxygens (including phenoxy) is 1. The molecule has 0 atom stereocenters. The molecule has 0 bridgehead atoms. The van der Waals surface area contributed by atoms with Crippen LogP contribution in [0.3, 0.4) is 0 Å². The molecule has 0 unspecified atom stereocenters. The molecule has 0 radical (unpaired) electrons. The predicted molar refractivity (Wildman–Crippen MR) is 206 cm³/mol. The Morgan fingerprint density at radius 2 is 0.961 bits per heavy atom. The molecule has 0 fully saturated rings. The average molecular weight is 655 g/mol. The number of rotatable bonds is 3. The van der Waals surface area contributed by atoms with Crippen LogP contribution < -0.4 is 4.74 Å². The Morgan fingerprint density at radius 1 is 0.412 bits per heavy atom. The molecule has 2 aliphatic rings. The number of para-hydroxylation sites is 2. The third-order valence-electron chi connectivity index (χ3n) is 11.0. The van der Waals surface area contributed by atoms with Crippen molar-refractivity contribution in [2.75, 3.05) is 0 Å². The number of hydrogen-bond acceptors (Lipinski definition) is 3. The van der Waals surface area contributed by atoms with E-state index in [1.807, 2.05) is 18.2 Å². The van der Waals surface area contributed by atoms with Crippen molar-refractivity contribution in [1.29, 1.82) is 0 Å². The Kier molecular flexibility index (Phi) is 6.44. The molecule has 1 spiro atoms. The summed E-state index contributed by atoms with van der Waals surface area (Å²) in [5, 5.41) is 1.05. The minimum atomic E-state index is -0.515. The molecule has 0 saturated heterocycles. The number of nitrogens with zero attached hydrogens (tertiary/aromatic N) is 2. The van der Waals surface area contributed by atoms with E-state index in [9.17, 15) is 0 Å². The fourth-order valence-electron chi connectivity index (χ4n) is 8.64. The minimum absolute atomic E-state index is 0.149. The highest BCUT2D eigenvalue weighted by atomic mass is 16.5. The summed E-state index contributed by atoms with van der Waals surface area (Å²) >= 11 is 0. The first-order valence-electron chi connectivity index (χ1n) is 17.6. The van der Waals surface area contributed by atoms with Gasteiger partial charge in [0.2, 0.25) is 0 Å². The zero-order valence-electron chi connectivity index (χ0n) is 28.5. The Balaban J connectivity index is 1.11. The fourth-order valence-corrected chi connectivity index (χ4v) is 8.64. The zero-order valence-corrected chi connectivity index (χ0v) is 28.5. The van der Waals surface area contributed by atoms with Crippen molar-refractivity contribution >= 4 is 10.9 Å². The van der Waals surface area contributed by atoms with E-state index in [-0.39, 0.29) is 5.41 Å². The molecule has 0 saturated carbocycles. The van der Waals surface area contributed by atoms with Crippen LogP contribution in [-0.4, -0.2) is 9.97 Å². The normalized spacial score (nSPS) is 14.5. The number of hydrogen-bond donors (Lipinski definition) is 0. The first-order valence-corrected chi connectivity index (χ1v) is 17.6. The molecule has 1 aromatic heterocycles. The van der Waals surface area contributed by atoms with Crippen molar-refractivity contribution in [3.63, 3.8) is 0 Å². The van der Waals surface area contributed by atoms with Gasteiger partial charge in [0.1, 0.15) is 11.5 Å². The van der Waals surface area contributed by atoms with Gasteiger partial charge in [0.05, 0.1) is 16.6 Å². The number of aromatic nitrogens is 2. The summed E-state index contributed by atoms with van der Waals surface area (Å²) in [4.78, 5) is 10.1. The fraction of sp³-hybridized carbons (Fsp3) is 0.0833. The molecule has 2 heterocycles. The first-order chi connectivity index (χ1) is 25.0. The van der Waals surface area contributed by atoms with Crippen LogP contribution in [-0.2, 0) is 10.8 Å². The molecule has 10 rings (SSSR count). The summed E-state index contributed by atoms with van der Waals surface area (Å²) in [5.41, 5.74) is 13.1. The third-order valence-corrected chi connectivity index (χ3v) is 11.0. The van der Waals surface area contributed by atoms with Crippen molar-refractivity contribution < 1.29 is 4.74 Å². The van der Waals surface area contributed by atoms with Crippen molar-refractivity contribution in [3.8, 4) is 45.3 Å². The topological polar surface area (TPSA) is 35.0 Å². The maximum atomic E-state index is 6.82. The van der Waals surface area contributed by atoms with Gasteiger partial charge in [-0.1, -0.05) is 166 Å². The highest BCUT2D eigenvalue weighted by molar-refractivity contribution is 5.93. The van der Waals surface area contributed by atoms with Gasteiger partial charge in [0.15, 0.2) is 5.82 Å². The average Bonchev–Trinajstić information content (AvgIpc) is 3.19. The van der Waals surface area contributed by atoms with E-state index in [1.54, 1.807) is 0 Å². The quantitative estimate of drug-likeness (QED) is 0.190. The molecule has 8 aromatic rings. The molecule has 242 valence electrons. The van der Waals surface area contributed by atoms with E-state index in [4.69, 9.17) is 14.7 Å². The van der Waals surface area contributed by atoms with Crippen LogP contribution in [0.5, 0.6) is 11.5 Å². The largest absolute Gasteiger partial charge is 0.457 e. The summed E-state index contributed by atoms with van der Waals surface area (Å²) in [6.45, 7) is 4.70. The molecule has 3 nitrogen and oxygen atoms in total. The summed E-state index contributed by atoms with van der Waals surface area (Å²) in [6.07, 6.45) is 0. The van der Waals surface area contributed by atoms with Crippen LogP contribution in [0.2, 0.25) is 0 Å². The summed E-state index contributed by atoms with van der Waals surface area (Å²) in [5.74, 6) is 2.48. The van der Waals surface area contributed by atoms with Gasteiger partial charge >= 0.3 is 0 Å². The van der Waals surface area contributed by atoms with E-state index in [1.165, 1.54) is 27.8 Å². The van der Waals surface area contributed by atoms with E-state index in [2.05, 4.69) is 166 Å². The molecule has 1 aliphatic heterocycles. The molecular weight excluding hydrogens is 621 g/mol. The van der Waals surface area contributed by atoms with Gasteiger partial charge in [-0.3, -0.25) is 0 Å². The van der Waals surface area contributed by atoms with E-state index < -0.39 is 5.41 Å². The van der Waals surface area contributed by atoms with Crippen molar-refractivity contribution in [3.05, 3.63) is 203 Å². The highest BCUT2D eigenvalue weighted by Gasteiger charge is 2.52. The van der Waals surface area contributed by atoms with E-state index in [0.717, 1.165) is 55.9 Å². The Hall–Kier alpha value is -6.32. The monoisotopic (exact) mass is 654 g/mol. The maximum absolute atomic E-state index is 6.82. The van der Waals surface area contributed by atoms with Gasteiger partial charge in [-0.2, -0.15) is 0 Å². The molecule has 7 aromatic carbocycles. The van der Waals surface area contributed by atoms with Gasteiger partial charge in [0.25, 0.3) is 0 Å². The molecule has 51 heavy (non-hydrogen) atoms. The zero-order chi connectivity index (χ0) is 34.2. The lowest BCUT2D eigenvalue weighted by Gasteiger charge is -2.50. The predicted octanol–water partition coefficient (Wildman–Crippen LogP) is 11.8. The van der Waals surface area contributed by atoms with Crippen LogP contribution in [0.25, 0.3) is 44.7 Å².